The molecule has 1 unspecified atom stereocenters. The Morgan fingerprint density at radius 1 is 1.46 bits per heavy atom. The Morgan fingerprint density at radius 3 is 2.69 bits per heavy atom. The summed E-state index contributed by atoms with van der Waals surface area (Å²) in [4.78, 5) is 11.6. The highest BCUT2D eigenvalue weighted by Crippen LogP contribution is 2.43. The second kappa shape index (κ2) is 2.53. The van der Waals surface area contributed by atoms with E-state index >= 15 is 0 Å². The highest BCUT2D eigenvalue weighted by atomic mass is 16.5. The van der Waals surface area contributed by atoms with Crippen LogP contribution in [0.3, 0.4) is 0 Å². The number of rotatable bonds is 1. The third-order valence-electron chi connectivity index (χ3n) is 3.56. The Bertz CT molecular complexity index is 256. The Kier molecular flexibility index (Phi) is 1.77. The fourth-order valence-corrected chi connectivity index (χ4v) is 2.50. The fraction of sp³-hybridized carbons (Fsp3) is 0.889. The number of carbonyl (C=O) groups is 1. The van der Waals surface area contributed by atoms with E-state index < -0.39 is 11.1 Å². The van der Waals surface area contributed by atoms with Crippen molar-refractivity contribution in [2.75, 3.05) is 7.11 Å². The first-order chi connectivity index (χ1) is 6.00. The average Bonchev–Trinajstić information content (AvgIpc) is 2.08. The number of ether oxygens (including phenoxy) is 1. The Hall–Kier alpha value is -0.450. The van der Waals surface area contributed by atoms with Gasteiger partial charge in [-0.1, -0.05) is 0 Å². The van der Waals surface area contributed by atoms with Crippen LogP contribution in [0.2, 0.25) is 0 Å². The molecule has 74 valence electrons. The maximum absolute atomic E-state index is 11.6. The van der Waals surface area contributed by atoms with Crippen LogP contribution in [0.5, 0.6) is 0 Å². The molecule has 4 nitrogen and oxygen atoms in total. The van der Waals surface area contributed by atoms with Crippen molar-refractivity contribution in [2.45, 2.75) is 42.9 Å². The molecule has 4 heteroatoms. The third kappa shape index (κ3) is 1.13. The molecule has 0 aromatic carbocycles. The Labute approximate surface area is 77.6 Å². The molecule has 0 spiro atoms. The summed E-state index contributed by atoms with van der Waals surface area (Å²) in [6.07, 6.45) is 2.42. The number of methoxy groups -OCH3 is 1. The largest absolute Gasteiger partial charge is 0.379 e. The van der Waals surface area contributed by atoms with Gasteiger partial charge in [-0.2, -0.15) is 0 Å². The maximum atomic E-state index is 11.6. The SMILES string of the molecule is CO[C@H]1CC2(N)CC[C@@]1(N)CC2=O. The molecule has 3 atom stereocenters. The van der Waals surface area contributed by atoms with E-state index in [0.29, 0.717) is 19.3 Å². The molecule has 0 heterocycles. The summed E-state index contributed by atoms with van der Waals surface area (Å²) in [5.41, 5.74) is 11.0. The van der Waals surface area contributed by atoms with E-state index in [0.717, 1.165) is 6.42 Å². The van der Waals surface area contributed by atoms with E-state index in [-0.39, 0.29) is 11.9 Å². The molecule has 0 saturated heterocycles. The summed E-state index contributed by atoms with van der Waals surface area (Å²) in [6, 6.07) is 0. The number of hydrogen-bond donors (Lipinski definition) is 2. The second-order valence-corrected chi connectivity index (χ2v) is 4.42. The minimum Gasteiger partial charge on any atom is -0.379 e. The van der Waals surface area contributed by atoms with Crippen molar-refractivity contribution in [3.63, 3.8) is 0 Å². The van der Waals surface area contributed by atoms with Gasteiger partial charge in [0.1, 0.15) is 0 Å². The average molecular weight is 184 g/mol. The zero-order chi connectivity index (χ0) is 9.69. The quantitative estimate of drug-likeness (QED) is 0.578. The highest BCUT2D eigenvalue weighted by Gasteiger charge is 2.56. The number of fused-ring (bicyclic) bond motifs is 3. The molecule has 0 aliphatic heterocycles. The van der Waals surface area contributed by atoms with Gasteiger partial charge in [0.05, 0.1) is 11.6 Å². The van der Waals surface area contributed by atoms with Gasteiger partial charge in [-0.15, -0.1) is 0 Å². The molecule has 3 fully saturated rings. The summed E-state index contributed by atoms with van der Waals surface area (Å²) in [7, 11) is 1.63. The number of Topliss-reactive ketones (excluding diaryl/α,β-unsaturated/α-hetero) is 1. The maximum Gasteiger partial charge on any atom is 0.154 e. The molecule has 3 rings (SSSR count). The Morgan fingerprint density at radius 2 is 2.15 bits per heavy atom. The van der Waals surface area contributed by atoms with Crippen LogP contribution in [-0.2, 0) is 9.53 Å². The number of nitrogens with two attached hydrogens (primary N) is 2. The molecule has 3 aliphatic carbocycles. The van der Waals surface area contributed by atoms with Crippen LogP contribution in [0, 0.1) is 0 Å². The van der Waals surface area contributed by atoms with Crippen LogP contribution >= 0.6 is 0 Å². The first-order valence-electron chi connectivity index (χ1n) is 4.64. The lowest BCUT2D eigenvalue weighted by Crippen LogP contribution is -2.71. The third-order valence-corrected chi connectivity index (χ3v) is 3.56. The van der Waals surface area contributed by atoms with Crippen molar-refractivity contribution < 1.29 is 9.53 Å². The van der Waals surface area contributed by atoms with Gasteiger partial charge in [0.15, 0.2) is 5.78 Å². The van der Waals surface area contributed by atoms with Gasteiger partial charge >= 0.3 is 0 Å². The molecular weight excluding hydrogens is 168 g/mol. The van der Waals surface area contributed by atoms with Crippen LogP contribution in [0.15, 0.2) is 0 Å². The minimum absolute atomic E-state index is 0.0519. The number of carbonyl (C=O) groups excluding carboxylic acids is 1. The molecule has 0 amide bonds. The topological polar surface area (TPSA) is 78.3 Å². The van der Waals surface area contributed by atoms with E-state index in [1.807, 2.05) is 0 Å². The summed E-state index contributed by atoms with van der Waals surface area (Å²) in [6.45, 7) is 0. The molecule has 4 N–H and O–H groups in total. The predicted octanol–water partition coefficient (Wildman–Crippen LogP) is -0.447. The first kappa shape index (κ1) is 9.12. The minimum atomic E-state index is -0.651. The summed E-state index contributed by atoms with van der Waals surface area (Å²) >= 11 is 0. The van der Waals surface area contributed by atoms with Crippen LogP contribution in [0.1, 0.15) is 25.7 Å². The molecule has 0 aromatic heterocycles. The van der Waals surface area contributed by atoms with Crippen LogP contribution in [-0.4, -0.2) is 30.1 Å². The van der Waals surface area contributed by atoms with E-state index in [1.165, 1.54) is 0 Å². The molecule has 13 heavy (non-hydrogen) atoms. The zero-order valence-electron chi connectivity index (χ0n) is 7.88. The van der Waals surface area contributed by atoms with Crippen molar-refractivity contribution >= 4 is 5.78 Å². The number of ketones is 1. The van der Waals surface area contributed by atoms with E-state index in [2.05, 4.69) is 0 Å². The monoisotopic (exact) mass is 184 g/mol. The van der Waals surface area contributed by atoms with Crippen molar-refractivity contribution in [1.29, 1.82) is 0 Å². The molecule has 0 radical (unpaired) electrons. The molecule has 3 saturated carbocycles. The number of hydrogen-bond acceptors (Lipinski definition) is 4. The molecule has 0 aromatic rings. The Balaban J connectivity index is 2.30. The van der Waals surface area contributed by atoms with Gasteiger partial charge in [0, 0.05) is 25.5 Å². The lowest BCUT2D eigenvalue weighted by atomic mass is 9.60. The fourth-order valence-electron chi connectivity index (χ4n) is 2.50. The molecule has 2 bridgehead atoms. The summed E-state index contributed by atoms with van der Waals surface area (Å²) < 4.78 is 5.28. The van der Waals surface area contributed by atoms with Gasteiger partial charge in [0.25, 0.3) is 0 Å². The van der Waals surface area contributed by atoms with Crippen LogP contribution in [0.25, 0.3) is 0 Å². The van der Waals surface area contributed by atoms with Gasteiger partial charge in [0.2, 0.25) is 0 Å². The zero-order valence-corrected chi connectivity index (χ0v) is 7.88. The molecular formula is C9H16N2O2. The lowest BCUT2D eigenvalue weighted by molar-refractivity contribution is -0.141. The highest BCUT2D eigenvalue weighted by molar-refractivity contribution is 5.91. The van der Waals surface area contributed by atoms with Crippen LogP contribution in [0.4, 0.5) is 0 Å². The first-order valence-corrected chi connectivity index (χ1v) is 4.64. The van der Waals surface area contributed by atoms with Gasteiger partial charge < -0.3 is 16.2 Å². The van der Waals surface area contributed by atoms with Gasteiger partial charge in [-0.05, 0) is 12.8 Å². The molecule has 3 aliphatic rings. The van der Waals surface area contributed by atoms with Crippen molar-refractivity contribution in [2.24, 2.45) is 11.5 Å². The lowest BCUT2D eigenvalue weighted by Gasteiger charge is -2.52. The van der Waals surface area contributed by atoms with E-state index in [9.17, 15) is 4.79 Å². The summed E-state index contributed by atoms with van der Waals surface area (Å²) in [5, 5.41) is 0. The van der Waals surface area contributed by atoms with E-state index in [1.54, 1.807) is 7.11 Å². The predicted molar refractivity (Wildman–Crippen MR) is 48.1 cm³/mol. The van der Waals surface area contributed by atoms with Gasteiger partial charge in [-0.25, -0.2) is 0 Å². The van der Waals surface area contributed by atoms with E-state index in [4.69, 9.17) is 16.2 Å². The smallest absolute Gasteiger partial charge is 0.154 e. The summed E-state index contributed by atoms with van der Waals surface area (Å²) in [5.74, 6) is 0.106. The van der Waals surface area contributed by atoms with Crippen molar-refractivity contribution in [3.8, 4) is 0 Å². The van der Waals surface area contributed by atoms with Gasteiger partial charge in [-0.3, -0.25) is 4.79 Å². The second-order valence-electron chi connectivity index (χ2n) is 4.42. The van der Waals surface area contributed by atoms with Crippen molar-refractivity contribution in [1.82, 2.24) is 0 Å². The van der Waals surface area contributed by atoms with Crippen molar-refractivity contribution in [3.05, 3.63) is 0 Å². The standard InChI is InChI=1S/C9H16N2O2/c1-13-7-5-8(10)2-3-9(7,11)4-6(8)12/h7H,2-5,10-11H2,1H3/t7-,8?,9+/m0/s1. The van der Waals surface area contributed by atoms with Crippen LogP contribution < -0.4 is 11.5 Å². The normalized spacial score (nSPS) is 49.8.